The van der Waals surface area contributed by atoms with E-state index in [4.69, 9.17) is 4.74 Å². The molecule has 10 nitrogen and oxygen atoms in total. The number of anilines is 2. The average Bonchev–Trinajstić information content (AvgIpc) is 2.96. The Hall–Kier alpha value is -3.89. The molecular weight excluding hydrogens is 371 g/mol. The van der Waals surface area contributed by atoms with Gasteiger partial charge in [0.1, 0.15) is 5.75 Å². The zero-order valence-corrected chi connectivity index (χ0v) is 15.1. The number of hydrogen-bond donors (Lipinski definition) is 1. The summed E-state index contributed by atoms with van der Waals surface area (Å²) in [6.07, 6.45) is 2.17. The monoisotopic (exact) mass is 386 g/mol. The molecule has 0 fully saturated rings. The number of halogens is 1. The molecule has 0 spiro atoms. The maximum Gasteiger partial charge on any atom is 0.307 e. The second kappa shape index (κ2) is 7.39. The number of carbonyl (C=O) groups is 1. The van der Waals surface area contributed by atoms with E-state index in [2.05, 4.69) is 20.4 Å². The zero-order chi connectivity index (χ0) is 20.4. The molecule has 0 amide bonds. The number of nitrogens with zero attached hydrogens (tertiary/aromatic N) is 5. The number of benzene rings is 1. The molecule has 2 heterocycles. The molecular formula is C17H15FN6O4. The number of nitro benzene ring substituents is 1. The van der Waals surface area contributed by atoms with Gasteiger partial charge in [-0.15, -0.1) is 0 Å². The highest BCUT2D eigenvalue weighted by Crippen LogP contribution is 2.33. The summed E-state index contributed by atoms with van der Waals surface area (Å²) in [5.41, 5.74) is 1.02. The summed E-state index contributed by atoms with van der Waals surface area (Å²) in [7, 11) is 1.31. The van der Waals surface area contributed by atoms with Crippen LogP contribution in [0.1, 0.15) is 21.7 Å². The number of aldehydes is 1. The lowest BCUT2D eigenvalue weighted by Crippen LogP contribution is -2.06. The molecule has 0 unspecified atom stereocenters. The summed E-state index contributed by atoms with van der Waals surface area (Å²) in [6.45, 7) is 3.43. The molecule has 2 aromatic heterocycles. The van der Waals surface area contributed by atoms with Gasteiger partial charge < -0.3 is 10.1 Å². The minimum Gasteiger partial charge on any atom is -0.494 e. The number of hydrogen-bond acceptors (Lipinski definition) is 8. The van der Waals surface area contributed by atoms with Gasteiger partial charge in [0.25, 0.3) is 0 Å². The van der Waals surface area contributed by atoms with Crippen molar-refractivity contribution < 1.29 is 18.8 Å². The standard InChI is InChI=1S/C17H15FN6O4/c1-9-11(8-25)10(2)23(22-9)16-4-5-19-17(21-16)20-13-7-14(24(26)27)12(18)6-15(13)28-3/h4-8H,1-3H3,(H,19,20,21). The van der Waals surface area contributed by atoms with Crippen LogP contribution >= 0.6 is 0 Å². The van der Waals surface area contributed by atoms with E-state index < -0.39 is 16.4 Å². The van der Waals surface area contributed by atoms with Gasteiger partial charge in [0.15, 0.2) is 12.1 Å². The highest BCUT2D eigenvalue weighted by atomic mass is 19.1. The number of methoxy groups -OCH3 is 1. The molecule has 1 N–H and O–H groups in total. The van der Waals surface area contributed by atoms with Crippen molar-refractivity contribution >= 4 is 23.6 Å². The molecule has 0 radical (unpaired) electrons. The highest BCUT2D eigenvalue weighted by Gasteiger charge is 2.20. The molecule has 0 saturated carbocycles. The Bertz CT molecular complexity index is 1080. The van der Waals surface area contributed by atoms with E-state index in [1.807, 2.05) is 0 Å². The van der Waals surface area contributed by atoms with E-state index in [0.29, 0.717) is 22.8 Å². The Labute approximate surface area is 158 Å². The summed E-state index contributed by atoms with van der Waals surface area (Å²) in [5, 5.41) is 18.1. The van der Waals surface area contributed by atoms with Crippen LogP contribution in [0.15, 0.2) is 24.4 Å². The van der Waals surface area contributed by atoms with Crippen LogP contribution in [0.4, 0.5) is 21.7 Å². The summed E-state index contributed by atoms with van der Waals surface area (Å²) < 4.78 is 20.3. The van der Waals surface area contributed by atoms with E-state index in [-0.39, 0.29) is 17.4 Å². The van der Waals surface area contributed by atoms with Gasteiger partial charge in [-0.05, 0) is 13.8 Å². The minimum absolute atomic E-state index is 0.0476. The van der Waals surface area contributed by atoms with Gasteiger partial charge in [0.2, 0.25) is 11.8 Å². The molecule has 0 aliphatic carbocycles. The molecule has 144 valence electrons. The maximum atomic E-state index is 13.8. The fraction of sp³-hybridized carbons (Fsp3) is 0.176. The smallest absolute Gasteiger partial charge is 0.307 e. The van der Waals surface area contributed by atoms with E-state index in [1.54, 1.807) is 19.9 Å². The summed E-state index contributed by atoms with van der Waals surface area (Å²) in [6, 6.07) is 3.49. The Balaban J connectivity index is 2.01. The Morgan fingerprint density at radius 1 is 1.36 bits per heavy atom. The van der Waals surface area contributed by atoms with E-state index >= 15 is 0 Å². The van der Waals surface area contributed by atoms with Gasteiger partial charge in [0, 0.05) is 24.4 Å². The van der Waals surface area contributed by atoms with Crippen LogP contribution in [0.2, 0.25) is 0 Å². The van der Waals surface area contributed by atoms with Gasteiger partial charge in [0.05, 0.1) is 34.7 Å². The second-order valence-corrected chi connectivity index (χ2v) is 5.74. The Kier molecular flexibility index (Phi) is 4.98. The van der Waals surface area contributed by atoms with Gasteiger partial charge in [-0.25, -0.2) is 9.67 Å². The number of aromatic nitrogens is 4. The fourth-order valence-electron chi connectivity index (χ4n) is 2.65. The predicted octanol–water partition coefficient (Wildman–Crippen LogP) is 2.89. The molecule has 3 aromatic rings. The fourth-order valence-corrected chi connectivity index (χ4v) is 2.65. The number of aryl methyl sites for hydroxylation is 1. The Morgan fingerprint density at radius 2 is 2.11 bits per heavy atom. The van der Waals surface area contributed by atoms with Crippen LogP contribution in [-0.2, 0) is 0 Å². The summed E-state index contributed by atoms with van der Waals surface area (Å²) >= 11 is 0. The third-order valence-electron chi connectivity index (χ3n) is 4.04. The van der Waals surface area contributed by atoms with Crippen LogP contribution in [-0.4, -0.2) is 38.1 Å². The number of rotatable bonds is 6. The van der Waals surface area contributed by atoms with Gasteiger partial charge in [-0.3, -0.25) is 14.9 Å². The molecule has 1 aromatic carbocycles. The van der Waals surface area contributed by atoms with E-state index in [1.165, 1.54) is 18.0 Å². The van der Waals surface area contributed by atoms with E-state index in [0.717, 1.165) is 18.4 Å². The van der Waals surface area contributed by atoms with Crippen molar-refractivity contribution in [1.82, 2.24) is 19.7 Å². The molecule has 0 saturated heterocycles. The minimum atomic E-state index is -1.02. The van der Waals surface area contributed by atoms with Crippen molar-refractivity contribution in [3.05, 3.63) is 57.3 Å². The number of nitro groups is 1. The van der Waals surface area contributed by atoms with Crippen molar-refractivity contribution in [2.24, 2.45) is 0 Å². The van der Waals surface area contributed by atoms with Crippen molar-refractivity contribution in [2.75, 3.05) is 12.4 Å². The van der Waals surface area contributed by atoms with Gasteiger partial charge in [-0.1, -0.05) is 0 Å². The number of carbonyl (C=O) groups excluding carboxylic acids is 1. The first-order valence-electron chi connectivity index (χ1n) is 7.99. The number of nitrogens with one attached hydrogen (secondary N) is 1. The van der Waals surface area contributed by atoms with Crippen molar-refractivity contribution in [2.45, 2.75) is 13.8 Å². The lowest BCUT2D eigenvalue weighted by Gasteiger charge is -2.11. The van der Waals surface area contributed by atoms with Gasteiger partial charge in [-0.2, -0.15) is 14.5 Å². The SMILES string of the molecule is COc1cc(F)c([N+](=O)[O-])cc1Nc1nccc(-n2nc(C)c(C=O)c2C)n1. The maximum absolute atomic E-state index is 13.8. The molecule has 28 heavy (non-hydrogen) atoms. The summed E-state index contributed by atoms with van der Waals surface area (Å²) in [5.74, 6) is -0.517. The topological polar surface area (TPSA) is 125 Å². The lowest BCUT2D eigenvalue weighted by atomic mass is 10.2. The van der Waals surface area contributed by atoms with Gasteiger partial charge >= 0.3 is 5.69 Å². The molecule has 0 atom stereocenters. The summed E-state index contributed by atoms with van der Waals surface area (Å²) in [4.78, 5) is 29.7. The van der Waals surface area contributed by atoms with Crippen LogP contribution in [0.3, 0.4) is 0 Å². The molecule has 11 heteroatoms. The largest absolute Gasteiger partial charge is 0.494 e. The van der Waals surface area contributed by atoms with Crippen LogP contribution in [0.25, 0.3) is 5.82 Å². The number of ether oxygens (including phenoxy) is 1. The first-order valence-corrected chi connectivity index (χ1v) is 7.99. The van der Waals surface area contributed by atoms with E-state index in [9.17, 15) is 19.3 Å². The second-order valence-electron chi connectivity index (χ2n) is 5.74. The third-order valence-corrected chi connectivity index (χ3v) is 4.04. The van der Waals surface area contributed by atoms with Crippen LogP contribution in [0.5, 0.6) is 5.75 Å². The molecule has 0 aliphatic heterocycles. The molecule has 3 rings (SSSR count). The van der Waals surface area contributed by atoms with Crippen molar-refractivity contribution in [3.8, 4) is 11.6 Å². The Morgan fingerprint density at radius 3 is 2.71 bits per heavy atom. The zero-order valence-electron chi connectivity index (χ0n) is 15.1. The molecule has 0 bridgehead atoms. The van der Waals surface area contributed by atoms with Crippen LogP contribution in [0, 0.1) is 29.8 Å². The lowest BCUT2D eigenvalue weighted by molar-refractivity contribution is -0.387. The molecule has 0 aliphatic rings. The first kappa shape index (κ1) is 18.9. The predicted molar refractivity (Wildman–Crippen MR) is 96.9 cm³/mol. The van der Waals surface area contributed by atoms with Crippen molar-refractivity contribution in [1.29, 1.82) is 0 Å². The third kappa shape index (κ3) is 3.37. The first-order chi connectivity index (χ1) is 13.3. The van der Waals surface area contributed by atoms with Crippen LogP contribution < -0.4 is 10.1 Å². The average molecular weight is 386 g/mol. The van der Waals surface area contributed by atoms with Crippen molar-refractivity contribution in [3.63, 3.8) is 0 Å². The quantitative estimate of drug-likeness (QED) is 0.389. The normalized spacial score (nSPS) is 10.6. The highest BCUT2D eigenvalue weighted by molar-refractivity contribution is 5.78.